The van der Waals surface area contributed by atoms with E-state index in [1.54, 1.807) is 11.3 Å². The number of rotatable bonds is 3. The van der Waals surface area contributed by atoms with E-state index in [9.17, 15) is 0 Å². The molecule has 2 aromatic rings. The SMILES string of the molecule is CCC(C)c1ncsc1-c1cccc(C)c1. The molecule has 0 spiro atoms. The number of hydrogen-bond donors (Lipinski definition) is 0. The number of hydrogen-bond acceptors (Lipinski definition) is 2. The van der Waals surface area contributed by atoms with Gasteiger partial charge in [-0.1, -0.05) is 43.7 Å². The molecule has 0 saturated heterocycles. The van der Waals surface area contributed by atoms with Crippen LogP contribution in [0.2, 0.25) is 0 Å². The zero-order valence-corrected chi connectivity index (χ0v) is 10.8. The molecule has 1 nitrogen and oxygen atoms in total. The fourth-order valence-electron chi connectivity index (χ4n) is 1.80. The van der Waals surface area contributed by atoms with Gasteiger partial charge >= 0.3 is 0 Å². The van der Waals surface area contributed by atoms with Crippen LogP contribution < -0.4 is 0 Å². The first-order chi connectivity index (χ1) is 7.72. The molecule has 1 heterocycles. The highest BCUT2D eigenvalue weighted by molar-refractivity contribution is 7.13. The van der Waals surface area contributed by atoms with Crippen LogP contribution in [0.3, 0.4) is 0 Å². The molecule has 1 aromatic carbocycles. The Kier molecular flexibility index (Phi) is 3.39. The normalized spacial score (nSPS) is 12.7. The summed E-state index contributed by atoms with van der Waals surface area (Å²) in [5.74, 6) is 0.543. The average molecular weight is 231 g/mol. The van der Waals surface area contributed by atoms with Crippen molar-refractivity contribution in [1.29, 1.82) is 0 Å². The highest BCUT2D eigenvalue weighted by Gasteiger charge is 2.13. The van der Waals surface area contributed by atoms with Crippen molar-refractivity contribution in [2.24, 2.45) is 0 Å². The van der Waals surface area contributed by atoms with Gasteiger partial charge < -0.3 is 0 Å². The third kappa shape index (κ3) is 2.17. The van der Waals surface area contributed by atoms with Gasteiger partial charge in [0.05, 0.1) is 16.1 Å². The Labute approximate surface area is 101 Å². The van der Waals surface area contributed by atoms with Gasteiger partial charge in [-0.25, -0.2) is 4.98 Å². The second-order valence-electron chi connectivity index (χ2n) is 4.25. The summed E-state index contributed by atoms with van der Waals surface area (Å²) in [6, 6.07) is 8.66. The third-order valence-electron chi connectivity index (χ3n) is 2.95. The predicted octanol–water partition coefficient (Wildman–Crippen LogP) is 4.63. The zero-order chi connectivity index (χ0) is 11.5. The van der Waals surface area contributed by atoms with Crippen molar-refractivity contribution in [3.05, 3.63) is 41.0 Å². The molecule has 0 radical (unpaired) electrons. The van der Waals surface area contributed by atoms with Gasteiger partial charge in [0.1, 0.15) is 0 Å². The van der Waals surface area contributed by atoms with E-state index in [4.69, 9.17) is 0 Å². The van der Waals surface area contributed by atoms with Gasteiger partial charge in [0.15, 0.2) is 0 Å². The quantitative estimate of drug-likeness (QED) is 0.750. The standard InChI is InChI=1S/C14H17NS/c1-4-11(3)13-14(16-9-15-13)12-7-5-6-10(2)8-12/h5-9,11H,4H2,1-3H3. The summed E-state index contributed by atoms with van der Waals surface area (Å²) in [5, 5.41) is 0. The van der Waals surface area contributed by atoms with Gasteiger partial charge in [-0.2, -0.15) is 0 Å². The lowest BCUT2D eigenvalue weighted by Crippen LogP contribution is -1.93. The molecule has 2 heteroatoms. The Morgan fingerprint density at radius 1 is 1.38 bits per heavy atom. The van der Waals surface area contributed by atoms with Gasteiger partial charge in [0.2, 0.25) is 0 Å². The van der Waals surface area contributed by atoms with Crippen molar-refractivity contribution in [2.45, 2.75) is 33.1 Å². The second-order valence-corrected chi connectivity index (χ2v) is 5.10. The Bertz CT molecular complexity index is 473. The van der Waals surface area contributed by atoms with E-state index < -0.39 is 0 Å². The van der Waals surface area contributed by atoms with E-state index in [1.165, 1.54) is 21.7 Å². The van der Waals surface area contributed by atoms with Crippen molar-refractivity contribution in [3.63, 3.8) is 0 Å². The van der Waals surface area contributed by atoms with Gasteiger partial charge in [0, 0.05) is 0 Å². The largest absolute Gasteiger partial charge is 0.249 e. The molecule has 0 aliphatic carbocycles. The zero-order valence-electron chi connectivity index (χ0n) is 10.0. The van der Waals surface area contributed by atoms with Crippen LogP contribution in [-0.2, 0) is 0 Å². The Balaban J connectivity index is 2.44. The highest BCUT2D eigenvalue weighted by atomic mass is 32.1. The van der Waals surface area contributed by atoms with Crippen LogP contribution in [0.4, 0.5) is 0 Å². The monoisotopic (exact) mass is 231 g/mol. The van der Waals surface area contributed by atoms with Gasteiger partial charge in [-0.3, -0.25) is 0 Å². The summed E-state index contributed by atoms with van der Waals surface area (Å²) in [4.78, 5) is 5.84. The highest BCUT2D eigenvalue weighted by Crippen LogP contribution is 2.33. The Morgan fingerprint density at radius 3 is 2.88 bits per heavy atom. The third-order valence-corrected chi connectivity index (χ3v) is 3.85. The number of aryl methyl sites for hydroxylation is 1. The molecule has 0 fully saturated rings. The van der Waals surface area contributed by atoms with Crippen LogP contribution in [0.25, 0.3) is 10.4 Å². The predicted molar refractivity (Wildman–Crippen MR) is 71.0 cm³/mol. The second kappa shape index (κ2) is 4.79. The minimum absolute atomic E-state index is 0.543. The van der Waals surface area contributed by atoms with Crippen LogP contribution in [0.15, 0.2) is 29.8 Å². The van der Waals surface area contributed by atoms with E-state index in [0.29, 0.717) is 5.92 Å². The summed E-state index contributed by atoms with van der Waals surface area (Å²) in [6.07, 6.45) is 1.14. The lowest BCUT2D eigenvalue weighted by Gasteiger charge is -2.08. The summed E-state index contributed by atoms with van der Waals surface area (Å²) < 4.78 is 0. The molecular formula is C14H17NS. The fourth-order valence-corrected chi connectivity index (χ4v) is 2.71. The molecule has 0 N–H and O–H groups in total. The molecule has 2 rings (SSSR count). The molecule has 1 aromatic heterocycles. The molecule has 84 valence electrons. The van der Waals surface area contributed by atoms with Crippen LogP contribution in [0, 0.1) is 6.92 Å². The number of thiazole rings is 1. The molecule has 1 atom stereocenters. The first-order valence-corrected chi connectivity index (χ1v) is 6.60. The van der Waals surface area contributed by atoms with Gasteiger partial charge in [0.25, 0.3) is 0 Å². The van der Waals surface area contributed by atoms with Crippen molar-refractivity contribution >= 4 is 11.3 Å². The van der Waals surface area contributed by atoms with Crippen molar-refractivity contribution in [2.75, 3.05) is 0 Å². The Hall–Kier alpha value is -1.15. The molecule has 0 bridgehead atoms. The average Bonchev–Trinajstić information content (AvgIpc) is 2.77. The molecule has 0 amide bonds. The van der Waals surface area contributed by atoms with E-state index in [-0.39, 0.29) is 0 Å². The van der Waals surface area contributed by atoms with Crippen LogP contribution in [-0.4, -0.2) is 4.98 Å². The van der Waals surface area contributed by atoms with Crippen LogP contribution in [0.5, 0.6) is 0 Å². The number of benzene rings is 1. The summed E-state index contributed by atoms with van der Waals surface area (Å²) in [6.45, 7) is 6.59. The molecule has 0 saturated carbocycles. The van der Waals surface area contributed by atoms with Gasteiger partial charge in [-0.15, -0.1) is 11.3 Å². The lowest BCUT2D eigenvalue weighted by atomic mass is 10.0. The fraction of sp³-hybridized carbons (Fsp3) is 0.357. The summed E-state index contributed by atoms with van der Waals surface area (Å²) >= 11 is 1.74. The van der Waals surface area contributed by atoms with Gasteiger partial charge in [-0.05, 0) is 24.8 Å². The molecular weight excluding hydrogens is 214 g/mol. The van der Waals surface area contributed by atoms with Crippen molar-refractivity contribution in [3.8, 4) is 10.4 Å². The molecule has 0 aliphatic heterocycles. The minimum atomic E-state index is 0.543. The smallest absolute Gasteiger partial charge is 0.0801 e. The van der Waals surface area contributed by atoms with E-state index in [0.717, 1.165) is 6.42 Å². The van der Waals surface area contributed by atoms with E-state index in [1.807, 2.05) is 5.51 Å². The molecule has 16 heavy (non-hydrogen) atoms. The minimum Gasteiger partial charge on any atom is -0.249 e. The maximum atomic E-state index is 4.51. The van der Waals surface area contributed by atoms with Crippen LogP contribution >= 0.6 is 11.3 Å². The lowest BCUT2D eigenvalue weighted by molar-refractivity contribution is 0.715. The van der Waals surface area contributed by atoms with Crippen molar-refractivity contribution in [1.82, 2.24) is 4.98 Å². The van der Waals surface area contributed by atoms with E-state index >= 15 is 0 Å². The number of nitrogens with zero attached hydrogens (tertiary/aromatic N) is 1. The first kappa shape index (κ1) is 11.3. The number of aromatic nitrogens is 1. The summed E-state index contributed by atoms with van der Waals surface area (Å²) in [5.41, 5.74) is 5.82. The maximum Gasteiger partial charge on any atom is 0.0801 e. The molecule has 1 unspecified atom stereocenters. The van der Waals surface area contributed by atoms with E-state index in [2.05, 4.69) is 50.0 Å². The van der Waals surface area contributed by atoms with Crippen molar-refractivity contribution < 1.29 is 0 Å². The first-order valence-electron chi connectivity index (χ1n) is 5.72. The summed E-state index contributed by atoms with van der Waals surface area (Å²) in [7, 11) is 0. The Morgan fingerprint density at radius 2 is 2.19 bits per heavy atom. The maximum absolute atomic E-state index is 4.51. The topological polar surface area (TPSA) is 12.9 Å². The molecule has 0 aliphatic rings. The van der Waals surface area contributed by atoms with Crippen LogP contribution in [0.1, 0.15) is 37.4 Å².